The Labute approximate surface area is 119 Å². The van der Waals surface area contributed by atoms with Crippen molar-refractivity contribution in [1.82, 2.24) is 0 Å². The van der Waals surface area contributed by atoms with E-state index in [-0.39, 0.29) is 11.7 Å². The first-order valence-corrected chi connectivity index (χ1v) is 7.11. The van der Waals surface area contributed by atoms with E-state index in [1.54, 1.807) is 18.2 Å². The molecule has 0 bridgehead atoms. The average Bonchev–Trinajstić information content (AvgIpc) is 2.33. The minimum absolute atomic E-state index is 0.0191. The normalized spacial score (nSPS) is 27.0. The van der Waals surface area contributed by atoms with Gasteiger partial charge >= 0.3 is 5.97 Å². The lowest BCUT2D eigenvalue weighted by Crippen LogP contribution is -2.29. The van der Waals surface area contributed by atoms with E-state index in [2.05, 4.69) is 13.8 Å². The Morgan fingerprint density at radius 1 is 1.32 bits per heavy atom. The van der Waals surface area contributed by atoms with Gasteiger partial charge in [-0.1, -0.05) is 31.5 Å². The molecule has 3 nitrogen and oxygen atoms in total. The van der Waals surface area contributed by atoms with Gasteiger partial charge in [0, 0.05) is 5.69 Å². The second-order valence-electron chi connectivity index (χ2n) is 5.50. The van der Waals surface area contributed by atoms with Crippen LogP contribution >= 0.6 is 11.6 Å². The maximum atomic E-state index is 12.2. The largest absolute Gasteiger partial charge is 0.459 e. The first kappa shape index (κ1) is 14.2. The summed E-state index contributed by atoms with van der Waals surface area (Å²) in [5.74, 6) is 0.866. The molecule has 1 fully saturated rings. The molecule has 0 heterocycles. The van der Waals surface area contributed by atoms with Crippen molar-refractivity contribution in [3.05, 3.63) is 28.8 Å². The van der Waals surface area contributed by atoms with Gasteiger partial charge in [-0.2, -0.15) is 0 Å². The lowest BCUT2D eigenvalue weighted by molar-refractivity contribution is 0.00892. The number of anilines is 1. The fraction of sp³-hybridized carbons (Fsp3) is 0.533. The zero-order valence-corrected chi connectivity index (χ0v) is 12.1. The van der Waals surface area contributed by atoms with Crippen molar-refractivity contribution in [2.75, 3.05) is 5.73 Å². The second-order valence-corrected chi connectivity index (χ2v) is 5.91. The number of esters is 1. The maximum absolute atomic E-state index is 12.2. The van der Waals surface area contributed by atoms with E-state index in [0.29, 0.717) is 22.5 Å². The minimum atomic E-state index is -0.408. The van der Waals surface area contributed by atoms with Gasteiger partial charge in [0.15, 0.2) is 0 Å². The number of hydrogen-bond donors (Lipinski definition) is 1. The molecule has 1 aromatic carbocycles. The summed E-state index contributed by atoms with van der Waals surface area (Å²) >= 11 is 6.01. The molecule has 1 aliphatic rings. The van der Waals surface area contributed by atoms with E-state index in [0.717, 1.165) is 19.3 Å². The molecule has 0 aromatic heterocycles. The lowest BCUT2D eigenvalue weighted by atomic mass is 9.80. The molecule has 0 spiro atoms. The molecular formula is C15H20ClNO2. The molecule has 0 saturated heterocycles. The van der Waals surface area contributed by atoms with Crippen LogP contribution in [0.4, 0.5) is 5.69 Å². The van der Waals surface area contributed by atoms with Crippen molar-refractivity contribution in [2.24, 2.45) is 11.8 Å². The van der Waals surface area contributed by atoms with E-state index < -0.39 is 5.97 Å². The Bertz CT molecular complexity index is 455. The highest BCUT2D eigenvalue weighted by atomic mass is 35.5. The summed E-state index contributed by atoms with van der Waals surface area (Å²) in [5.41, 5.74) is 6.45. The van der Waals surface area contributed by atoms with Crippen molar-refractivity contribution < 1.29 is 9.53 Å². The Kier molecular flexibility index (Phi) is 4.35. The molecule has 19 heavy (non-hydrogen) atoms. The average molecular weight is 282 g/mol. The molecule has 4 heteroatoms. The van der Waals surface area contributed by atoms with Crippen LogP contribution in [0.2, 0.25) is 5.02 Å². The molecule has 2 N–H and O–H groups in total. The summed E-state index contributed by atoms with van der Waals surface area (Å²) in [4.78, 5) is 12.2. The molecule has 0 radical (unpaired) electrons. The highest BCUT2D eigenvalue weighted by Crippen LogP contribution is 2.32. The Morgan fingerprint density at radius 2 is 2.05 bits per heavy atom. The molecular weight excluding hydrogens is 262 g/mol. The summed E-state index contributed by atoms with van der Waals surface area (Å²) in [7, 11) is 0. The highest BCUT2D eigenvalue weighted by Gasteiger charge is 2.28. The summed E-state index contributed by atoms with van der Waals surface area (Å²) < 4.78 is 5.55. The standard InChI is InChI=1S/C15H20ClNO2/c1-9-6-7-11(8-10(9)2)19-15(18)14-12(16)4-3-5-13(14)17/h3-5,9-11H,6-8,17H2,1-2H3. The van der Waals surface area contributed by atoms with Gasteiger partial charge in [0.2, 0.25) is 0 Å². The number of carbonyl (C=O) groups is 1. The number of benzene rings is 1. The van der Waals surface area contributed by atoms with Gasteiger partial charge in [0.05, 0.1) is 5.02 Å². The quantitative estimate of drug-likeness (QED) is 0.661. The number of halogens is 1. The van der Waals surface area contributed by atoms with Crippen LogP contribution in [0, 0.1) is 11.8 Å². The van der Waals surface area contributed by atoms with Crippen molar-refractivity contribution in [2.45, 2.75) is 39.2 Å². The predicted molar refractivity (Wildman–Crippen MR) is 77.2 cm³/mol. The molecule has 0 amide bonds. The van der Waals surface area contributed by atoms with Crippen molar-refractivity contribution in [3.8, 4) is 0 Å². The van der Waals surface area contributed by atoms with E-state index in [4.69, 9.17) is 22.1 Å². The summed E-state index contributed by atoms with van der Waals surface area (Å²) in [6, 6.07) is 5.03. The van der Waals surface area contributed by atoms with Crippen LogP contribution in [-0.2, 0) is 4.74 Å². The number of rotatable bonds is 2. The van der Waals surface area contributed by atoms with Crippen LogP contribution in [0.25, 0.3) is 0 Å². The van der Waals surface area contributed by atoms with Gasteiger partial charge in [-0.15, -0.1) is 0 Å². The van der Waals surface area contributed by atoms with Gasteiger partial charge in [0.25, 0.3) is 0 Å². The molecule has 1 aliphatic carbocycles. The maximum Gasteiger partial charge on any atom is 0.342 e. The van der Waals surface area contributed by atoms with Gasteiger partial charge in [0.1, 0.15) is 11.7 Å². The lowest BCUT2D eigenvalue weighted by Gasteiger charge is -2.31. The third-order valence-corrected chi connectivity index (χ3v) is 4.39. The molecule has 1 saturated carbocycles. The topological polar surface area (TPSA) is 52.3 Å². The monoisotopic (exact) mass is 281 g/mol. The zero-order valence-electron chi connectivity index (χ0n) is 11.4. The molecule has 3 atom stereocenters. The first-order valence-electron chi connectivity index (χ1n) is 6.74. The van der Waals surface area contributed by atoms with Crippen molar-refractivity contribution in [1.29, 1.82) is 0 Å². The molecule has 1 aromatic rings. The summed E-state index contributed by atoms with van der Waals surface area (Å²) in [6.45, 7) is 4.45. The summed E-state index contributed by atoms with van der Waals surface area (Å²) in [5, 5.41) is 0.349. The van der Waals surface area contributed by atoms with Crippen molar-refractivity contribution in [3.63, 3.8) is 0 Å². The van der Waals surface area contributed by atoms with E-state index >= 15 is 0 Å². The van der Waals surface area contributed by atoms with Crippen LogP contribution < -0.4 is 5.73 Å². The van der Waals surface area contributed by atoms with Crippen LogP contribution in [0.15, 0.2) is 18.2 Å². The Balaban J connectivity index is 2.06. The third-order valence-electron chi connectivity index (χ3n) is 4.07. The smallest absolute Gasteiger partial charge is 0.342 e. The van der Waals surface area contributed by atoms with Crippen LogP contribution in [-0.4, -0.2) is 12.1 Å². The van der Waals surface area contributed by atoms with E-state index in [9.17, 15) is 4.79 Å². The van der Waals surface area contributed by atoms with E-state index in [1.807, 2.05) is 0 Å². The number of nitrogens with two attached hydrogens (primary N) is 1. The van der Waals surface area contributed by atoms with Crippen LogP contribution in [0.5, 0.6) is 0 Å². The minimum Gasteiger partial charge on any atom is -0.459 e. The molecule has 0 aliphatic heterocycles. The molecule has 104 valence electrons. The third kappa shape index (κ3) is 3.21. The van der Waals surface area contributed by atoms with Crippen LogP contribution in [0.1, 0.15) is 43.5 Å². The van der Waals surface area contributed by atoms with Gasteiger partial charge in [-0.3, -0.25) is 0 Å². The SMILES string of the molecule is CC1CCC(OC(=O)c2c(N)cccc2Cl)CC1C. The fourth-order valence-electron chi connectivity index (χ4n) is 2.57. The zero-order chi connectivity index (χ0) is 14.0. The Hall–Kier alpha value is -1.22. The molecule has 2 rings (SSSR count). The highest BCUT2D eigenvalue weighted by molar-refractivity contribution is 6.34. The van der Waals surface area contributed by atoms with E-state index in [1.165, 1.54) is 0 Å². The number of nitrogen functional groups attached to an aromatic ring is 1. The van der Waals surface area contributed by atoms with Gasteiger partial charge in [-0.25, -0.2) is 4.79 Å². The first-order chi connectivity index (χ1) is 8.99. The molecule has 3 unspecified atom stereocenters. The number of hydrogen-bond acceptors (Lipinski definition) is 3. The fourth-order valence-corrected chi connectivity index (χ4v) is 2.83. The predicted octanol–water partition coefficient (Wildman–Crippen LogP) is 3.90. The second kappa shape index (κ2) is 5.83. The number of ether oxygens (including phenoxy) is 1. The number of carbonyl (C=O) groups excluding carboxylic acids is 1. The van der Waals surface area contributed by atoms with Crippen LogP contribution in [0.3, 0.4) is 0 Å². The van der Waals surface area contributed by atoms with Gasteiger partial charge < -0.3 is 10.5 Å². The summed E-state index contributed by atoms with van der Waals surface area (Å²) in [6.07, 6.45) is 2.91. The van der Waals surface area contributed by atoms with Gasteiger partial charge in [-0.05, 0) is 43.2 Å². The van der Waals surface area contributed by atoms with Crippen molar-refractivity contribution >= 4 is 23.3 Å². The Morgan fingerprint density at radius 3 is 2.68 bits per heavy atom.